The Bertz CT molecular complexity index is 604. The number of hydrogen-bond acceptors (Lipinski definition) is 1. The van der Waals surface area contributed by atoms with E-state index in [0.29, 0.717) is 6.42 Å². The molecule has 0 aliphatic carbocycles. The van der Waals surface area contributed by atoms with E-state index in [-0.39, 0.29) is 0 Å². The maximum Gasteiger partial charge on any atom is 0.0670 e. The summed E-state index contributed by atoms with van der Waals surface area (Å²) in [6.45, 7) is 1.08. The van der Waals surface area contributed by atoms with E-state index in [0.717, 1.165) is 23.0 Å². The summed E-state index contributed by atoms with van der Waals surface area (Å²) in [7, 11) is 0. The lowest BCUT2D eigenvalue weighted by atomic mass is 10.0. The summed E-state index contributed by atoms with van der Waals surface area (Å²) < 4.78 is 3.42. The third kappa shape index (κ3) is 1.37. The van der Waals surface area contributed by atoms with Crippen LogP contribution in [0.4, 0.5) is 0 Å². The molecule has 1 aliphatic rings. The summed E-state index contributed by atoms with van der Waals surface area (Å²) in [4.78, 5) is 0. The van der Waals surface area contributed by atoms with Crippen molar-refractivity contribution in [2.75, 3.05) is 0 Å². The van der Waals surface area contributed by atoms with Gasteiger partial charge in [0.1, 0.15) is 0 Å². The number of hydrogen-bond donors (Lipinski definition) is 0. The molecule has 3 rings (SSSR count). The molecule has 0 saturated heterocycles. The Morgan fingerprint density at radius 2 is 2.31 bits per heavy atom. The van der Waals surface area contributed by atoms with Crippen LogP contribution in [0.5, 0.6) is 0 Å². The predicted molar refractivity (Wildman–Crippen MR) is 67.3 cm³/mol. The largest absolute Gasteiger partial charge is 0.347 e. The fourth-order valence-electron chi connectivity index (χ4n) is 2.59. The van der Waals surface area contributed by atoms with Crippen LogP contribution in [0.3, 0.4) is 0 Å². The van der Waals surface area contributed by atoms with Crippen LogP contribution in [0.1, 0.15) is 17.5 Å². The Hall–Kier alpha value is -1.27. The molecular formula is C13H11BrN2. The SMILES string of the molecule is N#CCc1cn2c3c(cc(Br)cc13)CCC2. The van der Waals surface area contributed by atoms with Crippen molar-refractivity contribution in [2.24, 2.45) is 0 Å². The molecule has 16 heavy (non-hydrogen) atoms. The van der Waals surface area contributed by atoms with Crippen molar-refractivity contribution in [1.29, 1.82) is 5.26 Å². The molecule has 0 spiro atoms. The summed E-state index contributed by atoms with van der Waals surface area (Å²) in [5, 5.41) is 10.1. The summed E-state index contributed by atoms with van der Waals surface area (Å²) in [6, 6.07) is 6.58. The lowest BCUT2D eigenvalue weighted by molar-refractivity contribution is 0.634. The van der Waals surface area contributed by atoms with Crippen molar-refractivity contribution in [2.45, 2.75) is 25.8 Å². The van der Waals surface area contributed by atoms with Crippen LogP contribution in [-0.4, -0.2) is 4.57 Å². The summed E-state index contributed by atoms with van der Waals surface area (Å²) >= 11 is 3.55. The second kappa shape index (κ2) is 3.64. The van der Waals surface area contributed by atoms with Crippen LogP contribution in [0.2, 0.25) is 0 Å². The monoisotopic (exact) mass is 274 g/mol. The smallest absolute Gasteiger partial charge is 0.0670 e. The molecule has 1 aliphatic heterocycles. The van der Waals surface area contributed by atoms with E-state index in [9.17, 15) is 0 Å². The number of benzene rings is 1. The molecule has 0 atom stereocenters. The highest BCUT2D eigenvalue weighted by molar-refractivity contribution is 9.10. The zero-order valence-corrected chi connectivity index (χ0v) is 10.4. The van der Waals surface area contributed by atoms with Gasteiger partial charge in [0.05, 0.1) is 18.0 Å². The molecule has 0 fully saturated rings. The number of rotatable bonds is 1. The maximum absolute atomic E-state index is 8.84. The Kier molecular flexibility index (Phi) is 2.26. The highest BCUT2D eigenvalue weighted by Crippen LogP contribution is 2.32. The quantitative estimate of drug-likeness (QED) is 0.784. The maximum atomic E-state index is 8.84. The zero-order valence-electron chi connectivity index (χ0n) is 8.83. The van der Waals surface area contributed by atoms with Crippen LogP contribution in [0.25, 0.3) is 10.9 Å². The lowest BCUT2D eigenvalue weighted by Gasteiger charge is -2.15. The first-order valence-electron chi connectivity index (χ1n) is 5.46. The fraction of sp³-hybridized carbons (Fsp3) is 0.308. The molecule has 0 N–H and O–H groups in total. The normalized spacial score (nSPS) is 14.0. The second-order valence-electron chi connectivity index (χ2n) is 4.25. The molecular weight excluding hydrogens is 264 g/mol. The second-order valence-corrected chi connectivity index (χ2v) is 5.16. The predicted octanol–water partition coefficient (Wildman–Crippen LogP) is 3.42. The van der Waals surface area contributed by atoms with E-state index in [4.69, 9.17) is 5.26 Å². The van der Waals surface area contributed by atoms with Crippen LogP contribution >= 0.6 is 15.9 Å². The highest BCUT2D eigenvalue weighted by atomic mass is 79.9. The van der Waals surface area contributed by atoms with Gasteiger partial charge in [-0.15, -0.1) is 0 Å². The van der Waals surface area contributed by atoms with Gasteiger partial charge in [0, 0.05) is 22.6 Å². The van der Waals surface area contributed by atoms with E-state index >= 15 is 0 Å². The van der Waals surface area contributed by atoms with Gasteiger partial charge in [-0.2, -0.15) is 5.26 Å². The van der Waals surface area contributed by atoms with Gasteiger partial charge in [0.15, 0.2) is 0 Å². The van der Waals surface area contributed by atoms with Crippen LogP contribution < -0.4 is 0 Å². The molecule has 3 heteroatoms. The van der Waals surface area contributed by atoms with Crippen molar-refractivity contribution in [3.05, 3.63) is 33.9 Å². The summed E-state index contributed by atoms with van der Waals surface area (Å²) in [5.74, 6) is 0. The number of aryl methyl sites for hydroxylation is 2. The minimum Gasteiger partial charge on any atom is -0.347 e. The molecule has 0 bridgehead atoms. The Balaban J connectivity index is 2.37. The van der Waals surface area contributed by atoms with Gasteiger partial charge in [-0.1, -0.05) is 15.9 Å². The molecule has 0 unspecified atom stereocenters. The Morgan fingerprint density at radius 1 is 1.44 bits per heavy atom. The van der Waals surface area contributed by atoms with Crippen molar-refractivity contribution >= 4 is 26.8 Å². The van der Waals surface area contributed by atoms with Gasteiger partial charge < -0.3 is 4.57 Å². The number of aromatic nitrogens is 1. The van der Waals surface area contributed by atoms with Gasteiger partial charge in [0.2, 0.25) is 0 Å². The van der Waals surface area contributed by atoms with E-state index in [1.807, 2.05) is 0 Å². The Morgan fingerprint density at radius 3 is 3.12 bits per heavy atom. The van der Waals surface area contributed by atoms with Crippen LogP contribution in [0.15, 0.2) is 22.8 Å². The highest BCUT2D eigenvalue weighted by Gasteiger charge is 2.16. The van der Waals surface area contributed by atoms with Crippen molar-refractivity contribution in [1.82, 2.24) is 4.57 Å². The minimum atomic E-state index is 0.499. The average molecular weight is 275 g/mol. The van der Waals surface area contributed by atoms with E-state index in [2.05, 4.69) is 44.9 Å². The van der Waals surface area contributed by atoms with E-state index < -0.39 is 0 Å². The first-order valence-corrected chi connectivity index (χ1v) is 6.26. The Labute approximate surface area is 103 Å². The molecule has 0 amide bonds. The van der Waals surface area contributed by atoms with Crippen molar-refractivity contribution in [3.8, 4) is 6.07 Å². The number of nitriles is 1. The summed E-state index contributed by atoms with van der Waals surface area (Å²) in [5.41, 5.74) is 3.89. The third-order valence-corrected chi connectivity index (χ3v) is 3.67. The standard InChI is InChI=1S/C13H11BrN2/c14-11-6-9-2-1-5-16-8-10(3-4-15)12(7-11)13(9)16/h6-8H,1-3,5H2. The molecule has 1 aromatic heterocycles. The molecule has 0 radical (unpaired) electrons. The van der Waals surface area contributed by atoms with Gasteiger partial charge in [-0.25, -0.2) is 0 Å². The zero-order chi connectivity index (χ0) is 11.1. The van der Waals surface area contributed by atoms with Crippen molar-refractivity contribution < 1.29 is 0 Å². The summed E-state index contributed by atoms with van der Waals surface area (Å²) in [6.07, 6.45) is 4.98. The molecule has 2 heterocycles. The lowest BCUT2D eigenvalue weighted by Crippen LogP contribution is -2.06. The van der Waals surface area contributed by atoms with Crippen molar-refractivity contribution in [3.63, 3.8) is 0 Å². The molecule has 1 aromatic carbocycles. The number of nitrogens with zero attached hydrogens (tertiary/aromatic N) is 2. The topological polar surface area (TPSA) is 28.7 Å². The first-order chi connectivity index (χ1) is 7.79. The van der Waals surface area contributed by atoms with Crippen LogP contribution in [0, 0.1) is 11.3 Å². The number of halogens is 1. The van der Waals surface area contributed by atoms with Gasteiger partial charge >= 0.3 is 0 Å². The van der Waals surface area contributed by atoms with E-state index in [1.165, 1.54) is 22.9 Å². The average Bonchev–Trinajstić information content (AvgIpc) is 2.59. The molecule has 2 aromatic rings. The van der Waals surface area contributed by atoms with Crippen LogP contribution in [-0.2, 0) is 19.4 Å². The van der Waals surface area contributed by atoms with Gasteiger partial charge in [-0.3, -0.25) is 0 Å². The molecule has 80 valence electrons. The van der Waals surface area contributed by atoms with Gasteiger partial charge in [-0.05, 0) is 36.1 Å². The van der Waals surface area contributed by atoms with Gasteiger partial charge in [0.25, 0.3) is 0 Å². The minimum absolute atomic E-state index is 0.499. The molecule has 2 nitrogen and oxygen atoms in total. The third-order valence-electron chi connectivity index (χ3n) is 3.21. The first kappa shape index (κ1) is 9.92. The van der Waals surface area contributed by atoms with E-state index in [1.54, 1.807) is 0 Å². The fourth-order valence-corrected chi connectivity index (χ4v) is 3.10. The molecule has 0 saturated carbocycles.